The number of halogens is 1. The topological polar surface area (TPSA) is 31.0 Å². The van der Waals surface area contributed by atoms with Crippen molar-refractivity contribution in [1.82, 2.24) is 9.55 Å². The van der Waals surface area contributed by atoms with Gasteiger partial charge in [-0.3, -0.25) is 0 Å². The Morgan fingerprint density at radius 2 is 1.86 bits per heavy atom. The van der Waals surface area contributed by atoms with E-state index in [1.807, 2.05) is 59.3 Å². The maximum atomic E-state index is 6.41. The maximum absolute atomic E-state index is 6.41. The summed E-state index contributed by atoms with van der Waals surface area (Å²) in [5, 5.41) is 1.79. The number of hydrogen-bond acceptors (Lipinski definition) is 2. The number of hydrogen-bond donors (Lipinski definition) is 0. The van der Waals surface area contributed by atoms with Gasteiger partial charge in [0.05, 0.1) is 6.33 Å². The number of fused-ring (bicyclic) bond motifs is 1. The molecule has 0 saturated carbocycles. The molecular weight excluding hydrogens is 296 g/mol. The zero-order chi connectivity index (χ0) is 14.9. The minimum Gasteiger partial charge on any atom is -0.458 e. The van der Waals surface area contributed by atoms with Crippen LogP contribution in [0.3, 0.4) is 0 Å². The minimum atomic E-state index is -0.136. The molecular formula is C18H13ClN2O. The van der Waals surface area contributed by atoms with E-state index < -0.39 is 0 Å². The van der Waals surface area contributed by atoms with Crippen LogP contribution < -0.4 is 0 Å². The number of nitrogens with zero attached hydrogens (tertiary/aromatic N) is 2. The smallest absolute Gasteiger partial charge is 0.134 e. The number of para-hydroxylation sites is 1. The number of benzene rings is 2. The molecule has 0 amide bonds. The van der Waals surface area contributed by atoms with E-state index >= 15 is 0 Å². The van der Waals surface area contributed by atoms with E-state index in [1.165, 1.54) is 0 Å². The molecule has 0 spiro atoms. The third kappa shape index (κ3) is 2.20. The second kappa shape index (κ2) is 5.35. The summed E-state index contributed by atoms with van der Waals surface area (Å²) in [6.07, 6.45) is 5.45. The SMILES string of the molecule is Clc1ccccc1C(c1cc2ccccc2o1)n1ccnc1. The Hall–Kier alpha value is -2.52. The molecule has 0 aliphatic carbocycles. The van der Waals surface area contributed by atoms with Crippen LogP contribution >= 0.6 is 11.6 Å². The molecule has 22 heavy (non-hydrogen) atoms. The van der Waals surface area contributed by atoms with Gasteiger partial charge in [0.2, 0.25) is 0 Å². The fourth-order valence-corrected chi connectivity index (χ4v) is 2.96. The van der Waals surface area contributed by atoms with Gasteiger partial charge in [0.15, 0.2) is 0 Å². The van der Waals surface area contributed by atoms with Crippen LogP contribution in [-0.4, -0.2) is 9.55 Å². The summed E-state index contributed by atoms with van der Waals surface area (Å²) in [6, 6.07) is 17.7. The monoisotopic (exact) mass is 308 g/mol. The van der Waals surface area contributed by atoms with Crippen molar-refractivity contribution in [2.45, 2.75) is 6.04 Å². The predicted molar refractivity (Wildman–Crippen MR) is 87.1 cm³/mol. The van der Waals surface area contributed by atoms with Gasteiger partial charge in [0, 0.05) is 28.4 Å². The number of aromatic nitrogens is 2. The summed E-state index contributed by atoms with van der Waals surface area (Å²) in [5.74, 6) is 0.840. The summed E-state index contributed by atoms with van der Waals surface area (Å²) in [6.45, 7) is 0. The van der Waals surface area contributed by atoms with E-state index in [-0.39, 0.29) is 6.04 Å². The van der Waals surface area contributed by atoms with Gasteiger partial charge < -0.3 is 8.98 Å². The van der Waals surface area contributed by atoms with Crippen molar-refractivity contribution in [3.8, 4) is 0 Å². The highest BCUT2D eigenvalue weighted by atomic mass is 35.5. The normalized spacial score (nSPS) is 12.6. The molecule has 0 saturated heterocycles. The first kappa shape index (κ1) is 13.2. The molecule has 1 atom stereocenters. The van der Waals surface area contributed by atoms with Crippen molar-refractivity contribution < 1.29 is 4.42 Å². The van der Waals surface area contributed by atoms with Crippen LogP contribution in [0.25, 0.3) is 11.0 Å². The molecule has 2 aromatic carbocycles. The molecule has 4 rings (SSSR count). The van der Waals surface area contributed by atoms with E-state index in [0.717, 1.165) is 22.3 Å². The molecule has 0 radical (unpaired) electrons. The van der Waals surface area contributed by atoms with E-state index in [9.17, 15) is 0 Å². The van der Waals surface area contributed by atoms with Gasteiger partial charge in [0.1, 0.15) is 17.4 Å². The number of rotatable bonds is 3. The van der Waals surface area contributed by atoms with Crippen molar-refractivity contribution in [2.75, 3.05) is 0 Å². The first-order valence-electron chi connectivity index (χ1n) is 7.03. The van der Waals surface area contributed by atoms with Crippen LogP contribution in [0, 0.1) is 0 Å². The lowest BCUT2D eigenvalue weighted by Gasteiger charge is -2.17. The molecule has 0 bridgehead atoms. The Balaban J connectivity index is 1.93. The van der Waals surface area contributed by atoms with Crippen LogP contribution in [0.1, 0.15) is 17.4 Å². The second-order valence-electron chi connectivity index (χ2n) is 5.12. The van der Waals surface area contributed by atoms with Crippen LogP contribution in [-0.2, 0) is 0 Å². The maximum Gasteiger partial charge on any atom is 0.134 e. The zero-order valence-electron chi connectivity index (χ0n) is 11.7. The first-order valence-corrected chi connectivity index (χ1v) is 7.41. The number of imidazole rings is 1. The zero-order valence-corrected chi connectivity index (χ0v) is 12.4. The van der Waals surface area contributed by atoms with Gasteiger partial charge in [0.25, 0.3) is 0 Å². The summed E-state index contributed by atoms with van der Waals surface area (Å²) in [7, 11) is 0. The lowest BCUT2D eigenvalue weighted by Crippen LogP contribution is -2.10. The predicted octanol–water partition coefficient (Wildman–Crippen LogP) is 4.92. The Labute approximate surface area is 132 Å². The molecule has 2 heterocycles. The molecule has 2 aromatic heterocycles. The van der Waals surface area contributed by atoms with Crippen LogP contribution in [0.5, 0.6) is 0 Å². The van der Waals surface area contributed by atoms with Gasteiger partial charge in [-0.1, -0.05) is 48.0 Å². The molecule has 108 valence electrons. The summed E-state index contributed by atoms with van der Waals surface area (Å²) in [5.41, 5.74) is 1.86. The molecule has 1 unspecified atom stereocenters. The van der Waals surface area contributed by atoms with E-state index in [2.05, 4.69) is 11.1 Å². The minimum absolute atomic E-state index is 0.136. The van der Waals surface area contributed by atoms with Crippen molar-refractivity contribution in [2.24, 2.45) is 0 Å². The largest absolute Gasteiger partial charge is 0.458 e. The van der Waals surface area contributed by atoms with Gasteiger partial charge in [-0.05, 0) is 18.2 Å². The lowest BCUT2D eigenvalue weighted by molar-refractivity contribution is 0.488. The van der Waals surface area contributed by atoms with Gasteiger partial charge in [-0.25, -0.2) is 4.98 Å². The molecule has 0 aliphatic heterocycles. The van der Waals surface area contributed by atoms with Gasteiger partial charge in [-0.15, -0.1) is 0 Å². The average molecular weight is 309 g/mol. The van der Waals surface area contributed by atoms with Crippen molar-refractivity contribution in [1.29, 1.82) is 0 Å². The Morgan fingerprint density at radius 1 is 1.05 bits per heavy atom. The highest BCUT2D eigenvalue weighted by Crippen LogP contribution is 2.34. The average Bonchev–Trinajstić information content (AvgIpc) is 3.19. The van der Waals surface area contributed by atoms with Gasteiger partial charge >= 0.3 is 0 Å². The molecule has 4 heteroatoms. The van der Waals surface area contributed by atoms with Crippen molar-refractivity contribution >= 4 is 22.6 Å². The van der Waals surface area contributed by atoms with Crippen LogP contribution in [0.2, 0.25) is 5.02 Å². The molecule has 0 N–H and O–H groups in total. The fraction of sp³-hybridized carbons (Fsp3) is 0.0556. The molecule has 0 aliphatic rings. The standard InChI is InChI=1S/C18H13ClN2O/c19-15-7-3-2-6-14(15)18(21-10-9-20-12-21)17-11-13-5-1-4-8-16(13)22-17/h1-12,18H. The molecule has 3 nitrogen and oxygen atoms in total. The Morgan fingerprint density at radius 3 is 2.64 bits per heavy atom. The third-order valence-electron chi connectivity index (χ3n) is 3.74. The highest BCUT2D eigenvalue weighted by molar-refractivity contribution is 6.31. The van der Waals surface area contributed by atoms with E-state index in [1.54, 1.807) is 12.5 Å². The second-order valence-corrected chi connectivity index (χ2v) is 5.53. The Bertz CT molecular complexity index is 879. The van der Waals surface area contributed by atoms with Crippen molar-refractivity contribution in [3.63, 3.8) is 0 Å². The van der Waals surface area contributed by atoms with Crippen molar-refractivity contribution in [3.05, 3.63) is 89.7 Å². The van der Waals surface area contributed by atoms with Gasteiger partial charge in [-0.2, -0.15) is 0 Å². The van der Waals surface area contributed by atoms with E-state index in [4.69, 9.17) is 16.0 Å². The fourth-order valence-electron chi connectivity index (χ4n) is 2.72. The molecule has 4 aromatic rings. The Kier molecular flexibility index (Phi) is 3.20. The summed E-state index contributed by atoms with van der Waals surface area (Å²) in [4.78, 5) is 4.16. The van der Waals surface area contributed by atoms with E-state index in [0.29, 0.717) is 5.02 Å². The lowest BCUT2D eigenvalue weighted by atomic mass is 10.0. The molecule has 0 fully saturated rings. The highest BCUT2D eigenvalue weighted by Gasteiger charge is 2.22. The van der Waals surface area contributed by atoms with Crippen LogP contribution in [0.15, 0.2) is 77.7 Å². The quantitative estimate of drug-likeness (QED) is 0.538. The third-order valence-corrected chi connectivity index (χ3v) is 4.08. The number of furan rings is 1. The first-order chi connectivity index (χ1) is 10.8. The summed E-state index contributed by atoms with van der Waals surface area (Å²) >= 11 is 6.41. The summed E-state index contributed by atoms with van der Waals surface area (Å²) < 4.78 is 8.06. The van der Waals surface area contributed by atoms with Crippen LogP contribution in [0.4, 0.5) is 0 Å².